The number of aryl methyl sites for hydroxylation is 1. The van der Waals surface area contributed by atoms with Crippen LogP contribution in [0.15, 0.2) is 34.1 Å². The quantitative estimate of drug-likeness (QED) is 0.414. The fourth-order valence-corrected chi connectivity index (χ4v) is 6.62. The second-order valence-electron chi connectivity index (χ2n) is 10.4. The lowest BCUT2D eigenvalue weighted by Crippen LogP contribution is -2.44. The molecule has 2 aliphatic rings. The molecule has 2 atom stereocenters. The summed E-state index contributed by atoms with van der Waals surface area (Å²) in [5.74, 6) is -0.0865. The second kappa shape index (κ2) is 12.5. The highest BCUT2D eigenvalue weighted by Crippen LogP contribution is 2.29. The molecule has 4 rings (SSSR count). The Morgan fingerprint density at radius 1 is 1.16 bits per heavy atom. The first-order valence-corrected chi connectivity index (χ1v) is 14.8. The van der Waals surface area contributed by atoms with Crippen molar-refractivity contribution >= 4 is 50.7 Å². The summed E-state index contributed by atoms with van der Waals surface area (Å²) < 4.78 is 0.895. The Morgan fingerprint density at radius 2 is 1.97 bits per heavy atom. The number of hydrogen-bond donors (Lipinski definition) is 1. The number of piperidine rings is 1. The predicted octanol–water partition coefficient (Wildman–Crippen LogP) is 5.08. The molecule has 2 aromatic rings. The van der Waals surface area contributed by atoms with E-state index < -0.39 is 0 Å². The Hall–Kier alpha value is -2.23. The zero-order valence-electron chi connectivity index (χ0n) is 22.0. The summed E-state index contributed by atoms with van der Waals surface area (Å²) in [4.78, 5) is 45.5. The molecule has 0 saturated carbocycles. The van der Waals surface area contributed by atoms with Crippen molar-refractivity contribution in [3.63, 3.8) is 0 Å². The van der Waals surface area contributed by atoms with Gasteiger partial charge in [-0.25, -0.2) is 0 Å². The molecule has 1 aromatic carbocycles. The maximum atomic E-state index is 13.6. The van der Waals surface area contributed by atoms with Crippen molar-refractivity contribution in [1.82, 2.24) is 15.1 Å². The van der Waals surface area contributed by atoms with E-state index >= 15 is 0 Å². The van der Waals surface area contributed by atoms with Gasteiger partial charge >= 0.3 is 0 Å². The molecular weight excluding hydrogens is 552 g/mol. The van der Waals surface area contributed by atoms with Crippen LogP contribution in [0.1, 0.15) is 70.5 Å². The van der Waals surface area contributed by atoms with Crippen LogP contribution in [0.3, 0.4) is 0 Å². The van der Waals surface area contributed by atoms with Gasteiger partial charge in [0.15, 0.2) is 0 Å². The Morgan fingerprint density at radius 3 is 2.68 bits per heavy atom. The van der Waals surface area contributed by atoms with Gasteiger partial charge in [-0.3, -0.25) is 14.4 Å². The van der Waals surface area contributed by atoms with Crippen LogP contribution in [0.2, 0.25) is 0 Å². The van der Waals surface area contributed by atoms with Crippen LogP contribution in [-0.2, 0) is 4.79 Å². The maximum Gasteiger partial charge on any atom is 0.261 e. The van der Waals surface area contributed by atoms with E-state index in [4.69, 9.17) is 0 Å². The summed E-state index contributed by atoms with van der Waals surface area (Å²) in [6.45, 7) is 4.25. The molecule has 0 spiro atoms. The Balaban J connectivity index is 1.39. The van der Waals surface area contributed by atoms with Crippen LogP contribution in [-0.4, -0.2) is 73.3 Å². The zero-order chi connectivity index (χ0) is 26.5. The van der Waals surface area contributed by atoms with E-state index in [2.05, 4.69) is 45.1 Å². The van der Waals surface area contributed by atoms with E-state index in [1.165, 1.54) is 17.8 Å². The molecule has 0 aliphatic carbocycles. The number of amides is 3. The lowest BCUT2D eigenvalue weighted by molar-refractivity contribution is -0.117. The van der Waals surface area contributed by atoms with Crippen molar-refractivity contribution in [3.8, 4) is 0 Å². The molecular formula is C28H37BrN4O3S. The van der Waals surface area contributed by atoms with Crippen molar-refractivity contribution < 1.29 is 14.4 Å². The third-order valence-corrected chi connectivity index (χ3v) is 8.91. The van der Waals surface area contributed by atoms with Crippen molar-refractivity contribution in [2.45, 2.75) is 64.0 Å². The van der Waals surface area contributed by atoms with E-state index in [0.717, 1.165) is 60.2 Å². The van der Waals surface area contributed by atoms with E-state index in [-0.39, 0.29) is 30.2 Å². The van der Waals surface area contributed by atoms with E-state index in [0.29, 0.717) is 23.0 Å². The molecule has 1 N–H and O–H groups in total. The standard InChI is InChI=1S/C28H37BrN4O3S/c1-19-16-22(33-18-20(17-26(33)34)30-27(35)24-12-13-25(29)37-24)10-11-23(19)28(36)32-15-7-5-9-21(32)8-4-6-14-31(2)3/h10-13,16,20-21H,4-9,14-15,17-18H2,1-3H3,(H,30,35). The summed E-state index contributed by atoms with van der Waals surface area (Å²) in [6, 6.07) is 9.34. The average molecular weight is 590 g/mol. The van der Waals surface area contributed by atoms with Gasteiger partial charge in [0.1, 0.15) is 0 Å². The fourth-order valence-electron chi connectivity index (χ4n) is 5.33. The smallest absolute Gasteiger partial charge is 0.261 e. The Kier molecular flexibility index (Phi) is 9.42. The van der Waals surface area contributed by atoms with Crippen LogP contribution in [0, 0.1) is 6.92 Å². The first-order chi connectivity index (χ1) is 17.7. The topological polar surface area (TPSA) is 73.0 Å². The van der Waals surface area contributed by atoms with E-state index in [1.54, 1.807) is 11.0 Å². The van der Waals surface area contributed by atoms with Crippen LogP contribution in [0.4, 0.5) is 5.69 Å². The molecule has 37 heavy (non-hydrogen) atoms. The summed E-state index contributed by atoms with van der Waals surface area (Å²) >= 11 is 4.75. The van der Waals surface area contributed by atoms with Gasteiger partial charge in [0, 0.05) is 36.8 Å². The van der Waals surface area contributed by atoms with Gasteiger partial charge in [0.2, 0.25) is 5.91 Å². The summed E-state index contributed by atoms with van der Waals surface area (Å²) in [5, 5.41) is 2.98. The normalized spacial score (nSPS) is 20.1. The lowest BCUT2D eigenvalue weighted by Gasteiger charge is -2.36. The lowest BCUT2D eigenvalue weighted by atomic mass is 9.95. The molecule has 1 aromatic heterocycles. The predicted molar refractivity (Wildman–Crippen MR) is 153 cm³/mol. The number of halogens is 1. The highest BCUT2D eigenvalue weighted by atomic mass is 79.9. The highest BCUT2D eigenvalue weighted by molar-refractivity contribution is 9.11. The van der Waals surface area contributed by atoms with Crippen molar-refractivity contribution in [2.24, 2.45) is 0 Å². The van der Waals surface area contributed by atoms with Crippen LogP contribution < -0.4 is 10.2 Å². The van der Waals surface area contributed by atoms with Gasteiger partial charge in [0.05, 0.1) is 14.7 Å². The second-order valence-corrected chi connectivity index (χ2v) is 12.9. The maximum absolute atomic E-state index is 13.6. The van der Waals surface area contributed by atoms with Gasteiger partial charge in [-0.05, 0) is 111 Å². The SMILES string of the molecule is Cc1cc(N2CC(NC(=O)c3ccc(Br)s3)CC2=O)ccc1C(=O)N1CCCCC1CCCCN(C)C. The summed E-state index contributed by atoms with van der Waals surface area (Å²) in [5.41, 5.74) is 2.36. The molecule has 7 nitrogen and oxygen atoms in total. The number of hydrogen-bond acceptors (Lipinski definition) is 5. The monoisotopic (exact) mass is 588 g/mol. The van der Waals surface area contributed by atoms with Gasteiger partial charge in [-0.2, -0.15) is 0 Å². The van der Waals surface area contributed by atoms with Gasteiger partial charge in [-0.1, -0.05) is 6.42 Å². The summed E-state index contributed by atoms with van der Waals surface area (Å²) in [6.07, 6.45) is 6.89. The van der Waals surface area contributed by atoms with Crippen molar-refractivity contribution in [1.29, 1.82) is 0 Å². The molecule has 0 radical (unpaired) electrons. The van der Waals surface area contributed by atoms with Gasteiger partial charge in [-0.15, -0.1) is 11.3 Å². The Labute approximate surface area is 232 Å². The first-order valence-electron chi connectivity index (χ1n) is 13.2. The minimum atomic E-state index is -0.246. The number of nitrogens with zero attached hydrogens (tertiary/aromatic N) is 3. The molecule has 3 heterocycles. The minimum Gasteiger partial charge on any atom is -0.346 e. The number of benzene rings is 1. The number of carbonyl (C=O) groups is 3. The molecule has 2 unspecified atom stereocenters. The molecule has 3 amide bonds. The number of likely N-dealkylation sites (tertiary alicyclic amines) is 1. The third kappa shape index (κ3) is 7.00. The number of anilines is 1. The Bertz CT molecular complexity index is 1130. The van der Waals surface area contributed by atoms with Crippen molar-refractivity contribution in [3.05, 3.63) is 50.1 Å². The van der Waals surface area contributed by atoms with E-state index in [9.17, 15) is 14.4 Å². The number of nitrogens with one attached hydrogen (secondary N) is 1. The van der Waals surface area contributed by atoms with Crippen LogP contribution in [0.5, 0.6) is 0 Å². The molecule has 200 valence electrons. The number of rotatable bonds is 9. The molecule has 0 bridgehead atoms. The van der Waals surface area contributed by atoms with E-state index in [1.807, 2.05) is 31.2 Å². The molecule has 2 fully saturated rings. The van der Waals surface area contributed by atoms with Crippen LogP contribution in [0.25, 0.3) is 0 Å². The van der Waals surface area contributed by atoms with Gasteiger partial charge in [0.25, 0.3) is 11.8 Å². The third-order valence-electron chi connectivity index (χ3n) is 7.29. The molecule has 2 saturated heterocycles. The minimum absolute atomic E-state index is 0.0232. The van der Waals surface area contributed by atoms with Crippen molar-refractivity contribution in [2.75, 3.05) is 38.6 Å². The summed E-state index contributed by atoms with van der Waals surface area (Å²) in [7, 11) is 4.19. The largest absolute Gasteiger partial charge is 0.346 e. The number of thiophene rings is 1. The molecule has 2 aliphatic heterocycles. The molecule has 9 heteroatoms. The highest BCUT2D eigenvalue weighted by Gasteiger charge is 2.33. The number of unbranched alkanes of at least 4 members (excludes halogenated alkanes) is 1. The first kappa shape index (κ1) is 27.8. The zero-order valence-corrected chi connectivity index (χ0v) is 24.4. The van der Waals surface area contributed by atoms with Crippen LogP contribution >= 0.6 is 27.3 Å². The van der Waals surface area contributed by atoms with Gasteiger partial charge < -0.3 is 20.0 Å². The average Bonchev–Trinajstić information content (AvgIpc) is 3.46. The fraction of sp³-hybridized carbons (Fsp3) is 0.536. The number of carbonyl (C=O) groups excluding carboxylic acids is 3.